The fourth-order valence-electron chi connectivity index (χ4n) is 1.09. The van der Waals surface area contributed by atoms with Gasteiger partial charge in [0.25, 0.3) is 0 Å². The van der Waals surface area contributed by atoms with E-state index in [2.05, 4.69) is 29.5 Å². The summed E-state index contributed by atoms with van der Waals surface area (Å²) in [6.07, 6.45) is 2.80. The van der Waals surface area contributed by atoms with Crippen molar-refractivity contribution in [3.05, 3.63) is 23.9 Å². The van der Waals surface area contributed by atoms with Gasteiger partial charge in [-0.3, -0.25) is 0 Å². The maximum absolute atomic E-state index is 5.18. The van der Waals surface area contributed by atoms with E-state index in [1.807, 2.05) is 19.1 Å². The van der Waals surface area contributed by atoms with Crippen LogP contribution in [0.3, 0.4) is 0 Å². The largest absolute Gasteiger partial charge is 0.360 e. The summed E-state index contributed by atoms with van der Waals surface area (Å²) < 4.78 is 0. The van der Waals surface area contributed by atoms with Crippen molar-refractivity contribution in [2.24, 2.45) is 0 Å². The van der Waals surface area contributed by atoms with Gasteiger partial charge in [-0.2, -0.15) is 0 Å². The molecule has 0 fully saturated rings. The van der Waals surface area contributed by atoms with Gasteiger partial charge in [0, 0.05) is 12.2 Å². The van der Waals surface area contributed by atoms with Gasteiger partial charge in [-0.15, -0.1) is 0 Å². The van der Waals surface area contributed by atoms with Crippen molar-refractivity contribution in [3.8, 4) is 0 Å². The molecule has 3 nitrogen and oxygen atoms in total. The first-order valence-electron chi connectivity index (χ1n) is 5.12. The molecule has 1 unspecified atom stereocenters. The molecular formula is C11H17N3S. The molecule has 0 aliphatic carbocycles. The molecule has 0 aliphatic rings. The van der Waals surface area contributed by atoms with Gasteiger partial charge in [-0.05, 0) is 44.1 Å². The number of aryl methyl sites for hydroxylation is 1. The van der Waals surface area contributed by atoms with E-state index in [0.29, 0.717) is 11.2 Å². The molecule has 1 atom stereocenters. The molecule has 82 valence electrons. The number of nitrogens with one attached hydrogen (secondary N) is 2. The number of rotatable bonds is 3. The molecule has 0 bridgehead atoms. The van der Waals surface area contributed by atoms with Crippen LogP contribution in [0.15, 0.2) is 18.3 Å². The third-order valence-electron chi connectivity index (χ3n) is 2.23. The highest BCUT2D eigenvalue weighted by atomic mass is 32.1. The van der Waals surface area contributed by atoms with Crippen LogP contribution in [0.1, 0.15) is 25.8 Å². The first-order chi connectivity index (χ1) is 7.13. The van der Waals surface area contributed by atoms with Crippen LogP contribution >= 0.6 is 12.2 Å². The highest BCUT2D eigenvalue weighted by Crippen LogP contribution is 2.08. The van der Waals surface area contributed by atoms with Gasteiger partial charge in [0.15, 0.2) is 5.11 Å². The maximum atomic E-state index is 5.18. The first kappa shape index (κ1) is 11.9. The minimum Gasteiger partial charge on any atom is -0.360 e. The second-order valence-corrected chi connectivity index (χ2v) is 3.98. The molecule has 15 heavy (non-hydrogen) atoms. The summed E-state index contributed by atoms with van der Waals surface area (Å²) in [6, 6.07) is 4.29. The van der Waals surface area contributed by atoms with Gasteiger partial charge < -0.3 is 10.6 Å². The Morgan fingerprint density at radius 1 is 1.60 bits per heavy atom. The van der Waals surface area contributed by atoms with Crippen LogP contribution in [0.25, 0.3) is 0 Å². The number of pyridine rings is 1. The molecule has 0 aliphatic heterocycles. The van der Waals surface area contributed by atoms with Crippen molar-refractivity contribution >= 4 is 23.1 Å². The monoisotopic (exact) mass is 223 g/mol. The van der Waals surface area contributed by atoms with E-state index in [4.69, 9.17) is 12.2 Å². The molecule has 4 heteroatoms. The van der Waals surface area contributed by atoms with Crippen molar-refractivity contribution in [2.75, 3.05) is 5.32 Å². The zero-order valence-corrected chi connectivity index (χ0v) is 10.2. The maximum Gasteiger partial charge on any atom is 0.172 e. The molecule has 1 heterocycles. The summed E-state index contributed by atoms with van der Waals surface area (Å²) in [7, 11) is 0. The third-order valence-corrected chi connectivity index (χ3v) is 2.45. The Bertz CT molecular complexity index is 338. The Labute approximate surface area is 96.3 Å². The minimum atomic E-state index is 0.383. The van der Waals surface area contributed by atoms with E-state index < -0.39 is 0 Å². The summed E-state index contributed by atoms with van der Waals surface area (Å²) in [5, 5.41) is 6.90. The predicted octanol–water partition coefficient (Wildman–Crippen LogP) is 2.47. The molecule has 0 aromatic carbocycles. The topological polar surface area (TPSA) is 37.0 Å². The average molecular weight is 223 g/mol. The quantitative estimate of drug-likeness (QED) is 0.772. The Morgan fingerprint density at radius 2 is 2.33 bits per heavy atom. The van der Waals surface area contributed by atoms with Crippen LogP contribution in [0.2, 0.25) is 0 Å². The molecule has 0 saturated carbocycles. The Kier molecular flexibility index (Phi) is 4.49. The smallest absolute Gasteiger partial charge is 0.172 e. The van der Waals surface area contributed by atoms with Crippen LogP contribution in [0.4, 0.5) is 5.82 Å². The summed E-state index contributed by atoms with van der Waals surface area (Å²) in [6.45, 7) is 6.22. The lowest BCUT2D eigenvalue weighted by atomic mass is 10.3. The summed E-state index contributed by atoms with van der Waals surface area (Å²) in [5.41, 5.74) is 1.09. The molecule has 1 aromatic heterocycles. The van der Waals surface area contributed by atoms with Crippen LogP contribution in [0.5, 0.6) is 0 Å². The van der Waals surface area contributed by atoms with Crippen molar-refractivity contribution in [3.63, 3.8) is 0 Å². The van der Waals surface area contributed by atoms with Gasteiger partial charge in [0.05, 0.1) is 0 Å². The van der Waals surface area contributed by atoms with E-state index in [-0.39, 0.29) is 0 Å². The van der Waals surface area contributed by atoms with E-state index in [9.17, 15) is 0 Å². The first-order valence-corrected chi connectivity index (χ1v) is 5.53. The predicted molar refractivity (Wildman–Crippen MR) is 68.1 cm³/mol. The van der Waals surface area contributed by atoms with E-state index >= 15 is 0 Å². The fraction of sp³-hybridized carbons (Fsp3) is 0.455. The number of hydrogen-bond donors (Lipinski definition) is 2. The molecule has 0 spiro atoms. The second-order valence-electron chi connectivity index (χ2n) is 3.58. The van der Waals surface area contributed by atoms with Crippen molar-refractivity contribution in [1.82, 2.24) is 10.3 Å². The molecule has 1 rings (SSSR count). The van der Waals surface area contributed by atoms with E-state index in [1.165, 1.54) is 0 Å². The van der Waals surface area contributed by atoms with Crippen molar-refractivity contribution in [2.45, 2.75) is 33.2 Å². The van der Waals surface area contributed by atoms with Crippen molar-refractivity contribution < 1.29 is 0 Å². The molecule has 0 radical (unpaired) electrons. The van der Waals surface area contributed by atoms with Crippen LogP contribution in [-0.4, -0.2) is 16.1 Å². The SMILES string of the molecule is CCC(C)NC(=S)Nc1ncccc1C. The molecule has 0 saturated heterocycles. The summed E-state index contributed by atoms with van der Waals surface area (Å²) in [4.78, 5) is 4.21. The third kappa shape index (κ3) is 3.83. The van der Waals surface area contributed by atoms with Gasteiger partial charge in [-0.25, -0.2) is 4.98 Å². The number of thiocarbonyl (C=S) groups is 1. The lowest BCUT2D eigenvalue weighted by molar-refractivity contribution is 0.646. The summed E-state index contributed by atoms with van der Waals surface area (Å²) in [5.74, 6) is 0.818. The van der Waals surface area contributed by atoms with Crippen LogP contribution < -0.4 is 10.6 Å². The molecular weight excluding hydrogens is 206 g/mol. The van der Waals surface area contributed by atoms with Gasteiger partial charge in [-0.1, -0.05) is 13.0 Å². The standard InChI is InChI=1S/C11H17N3S/c1-4-9(3)13-11(15)14-10-8(2)6-5-7-12-10/h5-7,9H,4H2,1-3H3,(H2,12,13,14,15). The molecule has 1 aromatic rings. The number of aromatic nitrogens is 1. The minimum absolute atomic E-state index is 0.383. The van der Waals surface area contributed by atoms with Gasteiger partial charge in [0.2, 0.25) is 0 Å². The Hall–Kier alpha value is -1.16. The lowest BCUT2D eigenvalue weighted by Crippen LogP contribution is -2.35. The van der Waals surface area contributed by atoms with Gasteiger partial charge in [0.1, 0.15) is 5.82 Å². The average Bonchev–Trinajstić information content (AvgIpc) is 2.21. The fourth-order valence-corrected chi connectivity index (χ4v) is 1.38. The molecule has 0 amide bonds. The Balaban J connectivity index is 2.55. The number of hydrogen-bond acceptors (Lipinski definition) is 2. The van der Waals surface area contributed by atoms with Crippen LogP contribution in [0, 0.1) is 6.92 Å². The van der Waals surface area contributed by atoms with Crippen LogP contribution in [-0.2, 0) is 0 Å². The number of nitrogens with zero attached hydrogens (tertiary/aromatic N) is 1. The van der Waals surface area contributed by atoms with Gasteiger partial charge >= 0.3 is 0 Å². The van der Waals surface area contributed by atoms with Crippen molar-refractivity contribution in [1.29, 1.82) is 0 Å². The number of anilines is 1. The molecule has 2 N–H and O–H groups in total. The lowest BCUT2D eigenvalue weighted by Gasteiger charge is -2.15. The zero-order chi connectivity index (χ0) is 11.3. The van der Waals surface area contributed by atoms with E-state index in [0.717, 1.165) is 17.8 Å². The van der Waals surface area contributed by atoms with E-state index in [1.54, 1.807) is 6.20 Å². The summed E-state index contributed by atoms with van der Waals surface area (Å²) >= 11 is 5.18. The zero-order valence-electron chi connectivity index (χ0n) is 9.37. The normalized spacial score (nSPS) is 11.9. The second kappa shape index (κ2) is 5.66. The Morgan fingerprint density at radius 3 is 2.93 bits per heavy atom. The highest BCUT2D eigenvalue weighted by molar-refractivity contribution is 7.80. The highest BCUT2D eigenvalue weighted by Gasteiger charge is 2.03.